The fraction of sp³-hybridized carbons (Fsp3) is 0.391. The Labute approximate surface area is 181 Å². The highest BCUT2D eigenvalue weighted by atomic mass is 16.5. The Morgan fingerprint density at radius 3 is 2.06 bits per heavy atom. The van der Waals surface area contributed by atoms with Crippen LogP contribution in [0.25, 0.3) is 0 Å². The molecule has 0 spiro atoms. The summed E-state index contributed by atoms with van der Waals surface area (Å²) in [6.07, 6.45) is 0.312. The zero-order chi connectivity index (χ0) is 22.6. The van der Waals surface area contributed by atoms with Gasteiger partial charge in [0.1, 0.15) is 5.75 Å². The number of rotatable bonds is 9. The van der Waals surface area contributed by atoms with Gasteiger partial charge in [-0.05, 0) is 55.3 Å². The van der Waals surface area contributed by atoms with Gasteiger partial charge in [0.2, 0.25) is 11.7 Å². The number of benzene rings is 2. The molecule has 3 rings (SSSR count). The number of amides is 1. The van der Waals surface area contributed by atoms with Crippen LogP contribution in [0.1, 0.15) is 24.8 Å². The van der Waals surface area contributed by atoms with Crippen molar-refractivity contribution in [2.24, 2.45) is 5.41 Å². The number of carbonyl (C=O) groups excluding carboxylic acids is 2. The highest BCUT2D eigenvalue weighted by molar-refractivity contribution is 6.13. The maximum atomic E-state index is 13.3. The smallest absolute Gasteiger partial charge is 0.322 e. The van der Waals surface area contributed by atoms with Crippen molar-refractivity contribution < 1.29 is 33.3 Å². The van der Waals surface area contributed by atoms with Crippen LogP contribution in [0.3, 0.4) is 0 Å². The van der Waals surface area contributed by atoms with Crippen molar-refractivity contribution in [1.29, 1.82) is 0 Å². The first-order chi connectivity index (χ1) is 14.9. The quantitative estimate of drug-likeness (QED) is 0.482. The van der Waals surface area contributed by atoms with Gasteiger partial charge < -0.3 is 29.0 Å². The van der Waals surface area contributed by atoms with Gasteiger partial charge in [0, 0.05) is 11.6 Å². The number of esters is 1. The number of hydrogen-bond donors (Lipinski definition) is 1. The summed E-state index contributed by atoms with van der Waals surface area (Å²) in [5.74, 6) is 0.654. The highest BCUT2D eigenvalue weighted by Gasteiger charge is 2.67. The third kappa shape index (κ3) is 4.10. The van der Waals surface area contributed by atoms with Crippen LogP contribution >= 0.6 is 0 Å². The lowest BCUT2D eigenvalue weighted by atomic mass is 9.97. The number of ether oxygens (including phenoxy) is 5. The van der Waals surface area contributed by atoms with Gasteiger partial charge in [-0.15, -0.1) is 0 Å². The van der Waals surface area contributed by atoms with Gasteiger partial charge in [-0.1, -0.05) is 0 Å². The summed E-state index contributed by atoms with van der Waals surface area (Å²) in [5.41, 5.74) is -0.0435. The van der Waals surface area contributed by atoms with E-state index in [2.05, 4.69) is 5.32 Å². The van der Waals surface area contributed by atoms with E-state index in [1.165, 1.54) is 21.3 Å². The first-order valence-electron chi connectivity index (χ1n) is 9.87. The molecule has 1 saturated carbocycles. The molecule has 0 aliphatic heterocycles. The number of nitrogens with one attached hydrogen (secondary N) is 1. The molecule has 1 amide bonds. The topological polar surface area (TPSA) is 92.3 Å². The molecular formula is C23H27NO7. The maximum absolute atomic E-state index is 13.3. The average Bonchev–Trinajstić information content (AvgIpc) is 3.56. The Balaban J connectivity index is 1.94. The lowest BCUT2D eigenvalue weighted by molar-refractivity contribution is -0.153. The summed E-state index contributed by atoms with van der Waals surface area (Å²) in [7, 11) is 6.11. The Morgan fingerprint density at radius 1 is 0.968 bits per heavy atom. The Hall–Kier alpha value is -3.42. The van der Waals surface area contributed by atoms with Gasteiger partial charge in [0.05, 0.1) is 35.0 Å². The Kier molecular flexibility index (Phi) is 6.58. The molecule has 2 aromatic rings. The summed E-state index contributed by atoms with van der Waals surface area (Å²) >= 11 is 0. The number of hydrogen-bond acceptors (Lipinski definition) is 7. The fourth-order valence-corrected chi connectivity index (χ4v) is 3.71. The molecule has 1 N–H and O–H groups in total. The number of anilines is 1. The monoisotopic (exact) mass is 429 g/mol. The minimum absolute atomic E-state index is 0.179. The maximum Gasteiger partial charge on any atom is 0.322 e. The van der Waals surface area contributed by atoms with E-state index in [9.17, 15) is 9.59 Å². The standard InChI is InChI=1S/C23H27NO7/c1-6-31-22(26)23(21(25)24-15-7-9-16(27-2)10-8-15)13-17(23)14-11-18(28-3)20(30-5)19(12-14)29-4/h7-12,17H,6,13H2,1-5H3,(H,24,25). The van der Waals surface area contributed by atoms with Gasteiger partial charge in [0.15, 0.2) is 16.9 Å². The van der Waals surface area contributed by atoms with Crippen molar-refractivity contribution in [3.05, 3.63) is 42.0 Å². The van der Waals surface area contributed by atoms with Gasteiger partial charge in [0.25, 0.3) is 0 Å². The highest BCUT2D eigenvalue weighted by Crippen LogP contribution is 2.62. The van der Waals surface area contributed by atoms with E-state index in [0.29, 0.717) is 35.1 Å². The second-order valence-electron chi connectivity index (χ2n) is 7.09. The van der Waals surface area contributed by atoms with Crippen LogP contribution in [0.5, 0.6) is 23.0 Å². The van der Waals surface area contributed by atoms with E-state index >= 15 is 0 Å². The molecule has 166 valence electrons. The van der Waals surface area contributed by atoms with Crippen LogP contribution in [0, 0.1) is 5.41 Å². The Morgan fingerprint density at radius 2 is 1.58 bits per heavy atom. The summed E-state index contributed by atoms with van der Waals surface area (Å²) in [6.45, 7) is 1.89. The molecule has 31 heavy (non-hydrogen) atoms. The van der Waals surface area contributed by atoms with Crippen molar-refractivity contribution in [3.63, 3.8) is 0 Å². The van der Waals surface area contributed by atoms with Crippen LogP contribution in [0.4, 0.5) is 5.69 Å². The Bertz CT molecular complexity index is 932. The minimum Gasteiger partial charge on any atom is -0.497 e. The first-order valence-corrected chi connectivity index (χ1v) is 9.87. The van der Waals surface area contributed by atoms with E-state index in [0.717, 1.165) is 5.56 Å². The minimum atomic E-state index is -1.33. The molecule has 1 aliphatic rings. The normalized spacial score (nSPS) is 19.2. The molecule has 1 fully saturated rings. The van der Waals surface area contributed by atoms with E-state index in [1.807, 2.05) is 0 Å². The van der Waals surface area contributed by atoms with Gasteiger partial charge in [-0.2, -0.15) is 0 Å². The summed E-state index contributed by atoms with van der Waals surface area (Å²) < 4.78 is 26.6. The van der Waals surface area contributed by atoms with Crippen molar-refractivity contribution in [2.75, 3.05) is 40.4 Å². The molecule has 2 atom stereocenters. The molecule has 0 saturated heterocycles. The predicted octanol–water partition coefficient (Wildman–Crippen LogP) is 3.40. The lowest BCUT2D eigenvalue weighted by Crippen LogP contribution is -2.34. The van der Waals surface area contributed by atoms with E-state index in [4.69, 9.17) is 23.7 Å². The van der Waals surface area contributed by atoms with Crippen molar-refractivity contribution in [2.45, 2.75) is 19.3 Å². The molecular weight excluding hydrogens is 402 g/mol. The summed E-state index contributed by atoms with van der Waals surface area (Å²) in [6, 6.07) is 10.4. The molecule has 8 heteroatoms. The van der Waals surface area contributed by atoms with Crippen LogP contribution in [-0.4, -0.2) is 46.9 Å². The van der Waals surface area contributed by atoms with E-state index < -0.39 is 23.2 Å². The van der Waals surface area contributed by atoms with E-state index in [1.54, 1.807) is 50.4 Å². The summed E-state index contributed by atoms with van der Waals surface area (Å²) in [4.78, 5) is 26.1. The average molecular weight is 429 g/mol. The largest absolute Gasteiger partial charge is 0.497 e. The van der Waals surface area contributed by atoms with Crippen LogP contribution < -0.4 is 24.3 Å². The number of carbonyl (C=O) groups is 2. The molecule has 1 aliphatic carbocycles. The molecule has 0 radical (unpaired) electrons. The third-order valence-electron chi connectivity index (χ3n) is 5.44. The number of methoxy groups -OCH3 is 4. The van der Waals surface area contributed by atoms with Crippen LogP contribution in [0.15, 0.2) is 36.4 Å². The second-order valence-corrected chi connectivity index (χ2v) is 7.09. The van der Waals surface area contributed by atoms with Gasteiger partial charge in [-0.25, -0.2) is 0 Å². The molecule has 2 aromatic carbocycles. The molecule has 0 bridgehead atoms. The van der Waals surface area contributed by atoms with Gasteiger partial charge in [-0.3, -0.25) is 9.59 Å². The van der Waals surface area contributed by atoms with E-state index in [-0.39, 0.29) is 6.61 Å². The third-order valence-corrected chi connectivity index (χ3v) is 5.44. The second kappa shape index (κ2) is 9.16. The molecule has 2 unspecified atom stereocenters. The fourth-order valence-electron chi connectivity index (χ4n) is 3.71. The molecule has 0 heterocycles. The van der Waals surface area contributed by atoms with Crippen LogP contribution in [0.2, 0.25) is 0 Å². The van der Waals surface area contributed by atoms with Crippen LogP contribution in [-0.2, 0) is 14.3 Å². The zero-order valence-corrected chi connectivity index (χ0v) is 18.3. The lowest BCUT2D eigenvalue weighted by Gasteiger charge is -2.18. The predicted molar refractivity (Wildman–Crippen MR) is 114 cm³/mol. The van der Waals surface area contributed by atoms with Gasteiger partial charge >= 0.3 is 5.97 Å². The zero-order valence-electron chi connectivity index (χ0n) is 18.3. The van der Waals surface area contributed by atoms with Crippen molar-refractivity contribution in [3.8, 4) is 23.0 Å². The first kappa shape index (κ1) is 22.3. The van der Waals surface area contributed by atoms with Crippen molar-refractivity contribution in [1.82, 2.24) is 0 Å². The SMILES string of the molecule is CCOC(=O)C1(C(=O)Nc2ccc(OC)cc2)CC1c1cc(OC)c(OC)c(OC)c1. The van der Waals surface area contributed by atoms with Crippen molar-refractivity contribution >= 4 is 17.6 Å². The molecule has 0 aromatic heterocycles. The molecule has 8 nitrogen and oxygen atoms in total. The summed E-state index contributed by atoms with van der Waals surface area (Å²) in [5, 5.41) is 2.83.